The maximum atomic E-state index is 13.5. The van der Waals surface area contributed by atoms with Crippen LogP contribution >= 0.6 is 0 Å². The van der Waals surface area contributed by atoms with E-state index in [0.717, 1.165) is 43.4 Å². The van der Waals surface area contributed by atoms with Crippen molar-refractivity contribution in [2.45, 2.75) is 167 Å². The average molecular weight is 868 g/mol. The van der Waals surface area contributed by atoms with Gasteiger partial charge in [-0.15, -0.1) is 0 Å². The number of likely N-dealkylation sites (tertiary alicyclic amines) is 1. The number of unbranched alkanes of at least 4 members (excludes halogenated alkanes) is 1. The summed E-state index contributed by atoms with van der Waals surface area (Å²) in [5.41, 5.74) is 12.6. The first kappa shape index (κ1) is 46.9. The molecule has 2 aromatic rings. The van der Waals surface area contributed by atoms with Crippen LogP contribution in [-0.2, 0) is 18.8 Å². The Morgan fingerprint density at radius 2 is 1.50 bits per heavy atom. The fraction of sp³-hybridized carbons (Fsp3) is 0.712. The van der Waals surface area contributed by atoms with Crippen molar-refractivity contribution in [1.29, 1.82) is 0 Å². The van der Waals surface area contributed by atoms with Gasteiger partial charge in [0.1, 0.15) is 6.04 Å². The summed E-state index contributed by atoms with van der Waals surface area (Å²) in [6.45, 7) is 15.8. The number of rotatable bonds is 15. The molecule has 0 bridgehead atoms. The van der Waals surface area contributed by atoms with Gasteiger partial charge in [-0.2, -0.15) is 0 Å². The van der Waals surface area contributed by atoms with Gasteiger partial charge in [-0.3, -0.25) is 14.4 Å². The number of amides is 3. The number of hydrogen-bond acceptors (Lipinski definition) is 6. The smallest absolute Gasteiger partial charge is 0.261 e. The molecular weight excluding hydrogens is 787 g/mol. The summed E-state index contributed by atoms with van der Waals surface area (Å²) in [6.07, 6.45) is 15.6. The summed E-state index contributed by atoms with van der Waals surface area (Å²) in [7, 11) is -1.02. The van der Waals surface area contributed by atoms with Crippen LogP contribution in [0.25, 0.3) is 0 Å². The normalized spacial score (nSPS) is 33.1. The van der Waals surface area contributed by atoms with Gasteiger partial charge < -0.3 is 31.4 Å². The summed E-state index contributed by atoms with van der Waals surface area (Å²) >= 11 is 0. The minimum Gasteiger partial charge on any atom is -0.404 e. The van der Waals surface area contributed by atoms with Crippen molar-refractivity contribution in [2.75, 3.05) is 20.1 Å². The van der Waals surface area contributed by atoms with Gasteiger partial charge in [-0.05, 0) is 152 Å². The van der Waals surface area contributed by atoms with Crippen LogP contribution in [0.15, 0.2) is 60.7 Å². The summed E-state index contributed by atoms with van der Waals surface area (Å²) in [6, 6.07) is 20.8. The number of nitrogens with two attached hydrogens (primary N) is 2. The number of nitrogens with zero attached hydrogens (tertiary/aromatic N) is 1. The van der Waals surface area contributed by atoms with Gasteiger partial charge in [0, 0.05) is 32.2 Å². The highest BCUT2D eigenvalue weighted by Gasteiger charge is 2.61. The van der Waals surface area contributed by atoms with E-state index in [0.29, 0.717) is 60.9 Å². The molecule has 5 unspecified atom stereocenters. The van der Waals surface area contributed by atoms with Crippen LogP contribution in [-0.4, -0.2) is 75.3 Å². The molecule has 0 radical (unpaired) electrons. The van der Waals surface area contributed by atoms with E-state index in [1.54, 1.807) is 11.9 Å². The number of fused-ring (bicyclic) bond motifs is 5. The molecule has 2 aromatic carbocycles. The van der Waals surface area contributed by atoms with E-state index < -0.39 is 20.4 Å². The molecule has 4 saturated carbocycles. The third kappa shape index (κ3) is 8.97. The van der Waals surface area contributed by atoms with Crippen molar-refractivity contribution in [1.82, 2.24) is 15.5 Å². The highest BCUT2D eigenvalue weighted by molar-refractivity contribution is 6.99. The standard InChI is InChI=1S/C52H81N5O4Si/c1-35(21-26-47(58)56-37-33-46(48(59)55-7)57(34-37)49(60)45(54)20-14-15-31-53)42-24-25-43-41-23-22-36-32-38(27-29-51(36,5)44(41)28-30-52(42,43)6)61-62(50(2,3)4,39-16-10-8-11-17-39)40-18-12-9-13-19-40/h8-13,16-19,35-38,41-46H,14-15,20-34,53-54H2,1-7H3,(H,55,59)(H,56,58)/t35-,36?,37+,38+,41?,42-,43?,44?,45?,46+,51+,52-/m1/s1. The molecule has 5 aliphatic rings. The zero-order valence-corrected chi connectivity index (χ0v) is 40.3. The Bertz CT molecular complexity index is 1800. The van der Waals surface area contributed by atoms with E-state index in [1.165, 1.54) is 61.7 Å². The quantitative estimate of drug-likeness (QED) is 0.110. The molecule has 0 aromatic heterocycles. The van der Waals surface area contributed by atoms with Gasteiger partial charge in [0.15, 0.2) is 0 Å². The van der Waals surface area contributed by atoms with Gasteiger partial charge >= 0.3 is 0 Å². The number of likely N-dealkylation sites (N-methyl/N-ethyl adjacent to an activating group) is 1. The summed E-state index contributed by atoms with van der Waals surface area (Å²) in [5.74, 6) is 3.70. The van der Waals surface area contributed by atoms with E-state index in [9.17, 15) is 14.4 Å². The molecule has 5 fully saturated rings. The Morgan fingerprint density at radius 1 is 0.855 bits per heavy atom. The Morgan fingerprint density at radius 3 is 2.13 bits per heavy atom. The molecule has 12 atom stereocenters. The fourth-order valence-corrected chi connectivity index (χ4v) is 19.3. The Labute approximate surface area is 375 Å². The van der Waals surface area contributed by atoms with Crippen molar-refractivity contribution in [2.24, 2.45) is 57.8 Å². The minimum atomic E-state index is -2.61. The van der Waals surface area contributed by atoms with E-state index in [2.05, 4.69) is 113 Å². The van der Waals surface area contributed by atoms with E-state index >= 15 is 0 Å². The second kappa shape index (κ2) is 19.2. The molecular formula is C52H81N5O4Si. The molecule has 1 saturated heterocycles. The Kier molecular flexibility index (Phi) is 14.5. The number of nitrogens with one attached hydrogen (secondary N) is 2. The first-order valence-electron chi connectivity index (χ1n) is 24.6. The van der Waals surface area contributed by atoms with Gasteiger partial charge in [-0.1, -0.05) is 109 Å². The molecule has 10 heteroatoms. The zero-order valence-electron chi connectivity index (χ0n) is 39.3. The van der Waals surface area contributed by atoms with Crippen molar-refractivity contribution in [3.63, 3.8) is 0 Å². The van der Waals surface area contributed by atoms with Crippen LogP contribution in [0.1, 0.15) is 138 Å². The number of benzene rings is 2. The van der Waals surface area contributed by atoms with Crippen LogP contribution in [0.3, 0.4) is 0 Å². The molecule has 0 spiro atoms. The molecule has 4 aliphatic carbocycles. The molecule has 3 amide bonds. The molecule has 342 valence electrons. The van der Waals surface area contributed by atoms with Crippen molar-refractivity contribution < 1.29 is 18.8 Å². The largest absolute Gasteiger partial charge is 0.404 e. The second-order valence-corrected chi connectivity index (χ2v) is 26.3. The van der Waals surface area contributed by atoms with Crippen molar-refractivity contribution >= 4 is 36.4 Å². The molecule has 6 N–H and O–H groups in total. The predicted octanol–water partition coefficient (Wildman–Crippen LogP) is 7.29. The maximum absolute atomic E-state index is 13.5. The summed E-state index contributed by atoms with van der Waals surface area (Å²) in [4.78, 5) is 41.2. The van der Waals surface area contributed by atoms with E-state index in [4.69, 9.17) is 15.9 Å². The summed E-state index contributed by atoms with van der Waals surface area (Å²) in [5, 5.41) is 8.66. The highest BCUT2D eigenvalue weighted by Crippen LogP contribution is 2.68. The van der Waals surface area contributed by atoms with Gasteiger partial charge in [-0.25, -0.2) is 0 Å². The average Bonchev–Trinajstić information content (AvgIpc) is 3.85. The third-order valence-corrected chi connectivity index (χ3v) is 22.8. The monoisotopic (exact) mass is 868 g/mol. The summed E-state index contributed by atoms with van der Waals surface area (Å²) < 4.78 is 7.78. The SMILES string of the molecule is CNC(=O)[C@@H]1C[C@H](NC(=O)CC[C@@H](C)[C@H]2CCC3C4CCC5C[C@@H](O[Si](c6ccccc6)(c6ccccc6)C(C)(C)C)CC[C@]5(C)C4CC[C@@]32C)CN1C(=O)C(N)CCCCN. The van der Waals surface area contributed by atoms with Crippen molar-refractivity contribution in [3.8, 4) is 0 Å². The number of carbonyl (C=O) groups is 3. The van der Waals surface area contributed by atoms with Crippen LogP contribution in [0, 0.1) is 46.3 Å². The minimum absolute atomic E-state index is 0.0157. The van der Waals surface area contributed by atoms with Crippen molar-refractivity contribution in [3.05, 3.63) is 60.7 Å². The lowest BCUT2D eigenvalue weighted by Gasteiger charge is -2.62. The lowest BCUT2D eigenvalue weighted by Crippen LogP contribution is -2.68. The van der Waals surface area contributed by atoms with Crippen LogP contribution in [0.5, 0.6) is 0 Å². The predicted molar refractivity (Wildman–Crippen MR) is 253 cm³/mol. The van der Waals surface area contributed by atoms with E-state index in [1.807, 2.05) is 0 Å². The maximum Gasteiger partial charge on any atom is 0.261 e. The fourth-order valence-electron chi connectivity index (χ4n) is 14.5. The van der Waals surface area contributed by atoms with E-state index in [-0.39, 0.29) is 34.9 Å². The van der Waals surface area contributed by atoms with Gasteiger partial charge in [0.25, 0.3) is 8.32 Å². The van der Waals surface area contributed by atoms with Gasteiger partial charge in [0.2, 0.25) is 17.7 Å². The second-order valence-electron chi connectivity index (χ2n) is 22.1. The number of hydrogen-bond donors (Lipinski definition) is 4. The van der Waals surface area contributed by atoms with Crippen LogP contribution < -0.4 is 32.5 Å². The Hall–Kier alpha value is -3.05. The first-order chi connectivity index (χ1) is 29.6. The molecule has 62 heavy (non-hydrogen) atoms. The lowest BCUT2D eigenvalue weighted by molar-refractivity contribution is -0.139. The Balaban J connectivity index is 0.956. The topological polar surface area (TPSA) is 140 Å². The lowest BCUT2D eigenvalue weighted by atomic mass is 9.44. The first-order valence-corrected chi connectivity index (χ1v) is 26.5. The highest BCUT2D eigenvalue weighted by atomic mass is 28.4. The zero-order chi connectivity index (χ0) is 44.5. The molecule has 1 heterocycles. The van der Waals surface area contributed by atoms with Gasteiger partial charge in [0.05, 0.1) is 6.04 Å². The number of carbonyl (C=O) groups excluding carboxylic acids is 3. The third-order valence-electron chi connectivity index (χ3n) is 17.7. The molecule has 7 rings (SSSR count). The molecule has 9 nitrogen and oxygen atoms in total. The van der Waals surface area contributed by atoms with Crippen LogP contribution in [0.4, 0.5) is 0 Å². The molecule has 1 aliphatic heterocycles. The van der Waals surface area contributed by atoms with Crippen LogP contribution in [0.2, 0.25) is 5.04 Å².